The van der Waals surface area contributed by atoms with Gasteiger partial charge >= 0.3 is 0 Å². The number of carbonyl (C=O) groups excluding carboxylic acids is 1. The van der Waals surface area contributed by atoms with Crippen molar-refractivity contribution >= 4 is 17.0 Å². The van der Waals surface area contributed by atoms with Crippen LogP contribution in [-0.2, 0) is 0 Å². The van der Waals surface area contributed by atoms with E-state index in [0.717, 1.165) is 13.0 Å². The third kappa shape index (κ3) is 1.79. The van der Waals surface area contributed by atoms with Crippen molar-refractivity contribution in [3.8, 4) is 0 Å². The fourth-order valence-corrected chi connectivity index (χ4v) is 3.14. The lowest BCUT2D eigenvalue weighted by atomic mass is 10.0. The van der Waals surface area contributed by atoms with Crippen LogP contribution in [0.15, 0.2) is 23.1 Å². The third-order valence-corrected chi connectivity index (χ3v) is 4.13. The second-order valence-corrected chi connectivity index (χ2v) is 5.31. The molecule has 0 aromatic carbocycles. The lowest BCUT2D eigenvalue weighted by Gasteiger charge is -2.23. The van der Waals surface area contributed by atoms with Crippen LogP contribution in [0.25, 0.3) is 11.1 Å². The van der Waals surface area contributed by atoms with Crippen molar-refractivity contribution in [2.24, 2.45) is 5.92 Å². The molecular weight excluding hydrogens is 244 g/mol. The third-order valence-electron chi connectivity index (χ3n) is 4.13. The molecule has 98 valence electrons. The molecule has 4 rings (SSSR count). The molecule has 1 saturated carbocycles. The molecule has 2 N–H and O–H groups in total. The molecule has 6 heteroatoms. The van der Waals surface area contributed by atoms with Crippen LogP contribution >= 0.6 is 0 Å². The van der Waals surface area contributed by atoms with Gasteiger partial charge in [0.05, 0.1) is 6.20 Å². The Bertz CT molecular complexity index is 638. The summed E-state index contributed by atoms with van der Waals surface area (Å²) in [6, 6.07) is 2.51. The number of pyridine rings is 1. The number of amides is 1. The largest absolute Gasteiger partial charge is 0.442 e. The summed E-state index contributed by atoms with van der Waals surface area (Å²) in [5.41, 5.74) is 1.66. The number of fused-ring (bicyclic) bond motifs is 3. The van der Waals surface area contributed by atoms with Gasteiger partial charge in [0.1, 0.15) is 11.2 Å². The second-order valence-electron chi connectivity index (χ2n) is 5.31. The molecule has 2 fully saturated rings. The minimum Gasteiger partial charge on any atom is -0.442 e. The van der Waals surface area contributed by atoms with Crippen LogP contribution < -0.4 is 10.6 Å². The van der Waals surface area contributed by atoms with Gasteiger partial charge in [-0.15, -0.1) is 0 Å². The van der Waals surface area contributed by atoms with E-state index >= 15 is 0 Å². The summed E-state index contributed by atoms with van der Waals surface area (Å²) in [5, 5.41) is 6.51. The zero-order valence-corrected chi connectivity index (χ0v) is 10.3. The van der Waals surface area contributed by atoms with Crippen molar-refractivity contribution in [2.75, 3.05) is 6.54 Å². The summed E-state index contributed by atoms with van der Waals surface area (Å²) in [5.74, 6) is 0.437. The van der Waals surface area contributed by atoms with Crippen molar-refractivity contribution in [1.82, 2.24) is 20.6 Å². The molecule has 2 aromatic rings. The van der Waals surface area contributed by atoms with Gasteiger partial charge in [-0.1, -0.05) is 0 Å². The van der Waals surface area contributed by atoms with Crippen LogP contribution in [0, 0.1) is 5.92 Å². The molecule has 0 radical (unpaired) electrons. The van der Waals surface area contributed by atoms with Crippen molar-refractivity contribution in [3.63, 3.8) is 0 Å². The maximum absolute atomic E-state index is 12.2. The SMILES string of the molecule is O=C(N[C@H]1C[C@@H]2C[C@@H]1CN2)c1cc2ncoc2cn1. The molecule has 2 bridgehead atoms. The van der Waals surface area contributed by atoms with E-state index in [0.29, 0.717) is 28.8 Å². The molecule has 3 atom stereocenters. The Kier molecular flexibility index (Phi) is 2.32. The van der Waals surface area contributed by atoms with Gasteiger partial charge in [0.2, 0.25) is 0 Å². The number of piperidine rings is 1. The minimum atomic E-state index is -0.123. The Hall–Kier alpha value is -1.95. The maximum Gasteiger partial charge on any atom is 0.270 e. The van der Waals surface area contributed by atoms with Gasteiger partial charge in [-0.05, 0) is 24.8 Å². The molecule has 1 aliphatic heterocycles. The molecule has 19 heavy (non-hydrogen) atoms. The van der Waals surface area contributed by atoms with Crippen molar-refractivity contribution < 1.29 is 9.21 Å². The van der Waals surface area contributed by atoms with Crippen molar-refractivity contribution in [3.05, 3.63) is 24.4 Å². The summed E-state index contributed by atoms with van der Waals surface area (Å²) < 4.78 is 5.11. The fourth-order valence-electron chi connectivity index (χ4n) is 3.14. The van der Waals surface area contributed by atoms with Gasteiger partial charge in [-0.2, -0.15) is 0 Å². The van der Waals surface area contributed by atoms with Crippen LogP contribution in [0.1, 0.15) is 23.3 Å². The average Bonchev–Trinajstić information content (AvgIpc) is 3.13. The Morgan fingerprint density at radius 1 is 1.42 bits per heavy atom. The standard InChI is InChI=1S/C13H14N4O2/c18-13(17-9-2-8-1-7(9)4-14-8)11-3-10-12(5-15-11)19-6-16-10/h3,5-9,14H,1-2,4H2,(H,17,18)/t7-,8+,9+/m1/s1. The predicted molar refractivity (Wildman–Crippen MR) is 67.6 cm³/mol. The molecule has 6 nitrogen and oxygen atoms in total. The zero-order chi connectivity index (χ0) is 12.8. The van der Waals surface area contributed by atoms with Gasteiger partial charge < -0.3 is 15.1 Å². The molecule has 1 aliphatic carbocycles. The molecule has 1 amide bonds. The number of oxazole rings is 1. The first-order chi connectivity index (χ1) is 9.29. The van der Waals surface area contributed by atoms with E-state index < -0.39 is 0 Å². The number of nitrogens with zero attached hydrogens (tertiary/aromatic N) is 2. The maximum atomic E-state index is 12.2. The highest BCUT2D eigenvalue weighted by Crippen LogP contribution is 2.31. The average molecular weight is 258 g/mol. The minimum absolute atomic E-state index is 0.123. The molecule has 2 aliphatic rings. The molecule has 2 aromatic heterocycles. The van der Waals surface area contributed by atoms with E-state index in [4.69, 9.17) is 4.42 Å². The first-order valence-corrected chi connectivity index (χ1v) is 6.53. The summed E-state index contributed by atoms with van der Waals surface area (Å²) >= 11 is 0. The van der Waals surface area contributed by atoms with E-state index in [2.05, 4.69) is 20.6 Å². The van der Waals surface area contributed by atoms with E-state index in [1.54, 1.807) is 12.3 Å². The predicted octanol–water partition coefficient (Wildman–Crippen LogP) is 0.703. The fraction of sp³-hybridized carbons (Fsp3) is 0.462. The number of carbonyl (C=O) groups is 1. The van der Waals surface area contributed by atoms with Crippen LogP contribution in [0.3, 0.4) is 0 Å². The molecule has 0 unspecified atom stereocenters. The number of hydrogen-bond acceptors (Lipinski definition) is 5. The van der Waals surface area contributed by atoms with E-state index in [-0.39, 0.29) is 11.9 Å². The first-order valence-electron chi connectivity index (χ1n) is 6.53. The van der Waals surface area contributed by atoms with Crippen molar-refractivity contribution in [1.29, 1.82) is 0 Å². The normalized spacial score (nSPS) is 28.9. The lowest BCUT2D eigenvalue weighted by molar-refractivity contribution is 0.0920. The van der Waals surface area contributed by atoms with Crippen LogP contribution in [0.5, 0.6) is 0 Å². The van der Waals surface area contributed by atoms with Crippen LogP contribution in [0.2, 0.25) is 0 Å². The van der Waals surface area contributed by atoms with E-state index in [1.807, 2.05) is 0 Å². The monoisotopic (exact) mass is 258 g/mol. The van der Waals surface area contributed by atoms with Gasteiger partial charge in [0.25, 0.3) is 5.91 Å². The highest BCUT2D eigenvalue weighted by atomic mass is 16.3. The summed E-state index contributed by atoms with van der Waals surface area (Å²) in [6.07, 6.45) is 5.08. The second kappa shape index (κ2) is 4.03. The summed E-state index contributed by atoms with van der Waals surface area (Å²) in [7, 11) is 0. The number of nitrogens with one attached hydrogen (secondary N) is 2. The topological polar surface area (TPSA) is 80.0 Å². The Morgan fingerprint density at radius 3 is 3.16 bits per heavy atom. The highest BCUT2D eigenvalue weighted by molar-refractivity contribution is 5.95. The quantitative estimate of drug-likeness (QED) is 0.829. The Balaban J connectivity index is 1.53. The van der Waals surface area contributed by atoms with Crippen molar-refractivity contribution in [2.45, 2.75) is 24.9 Å². The molecule has 3 heterocycles. The Morgan fingerprint density at radius 2 is 2.37 bits per heavy atom. The van der Waals surface area contributed by atoms with Gasteiger partial charge in [0.15, 0.2) is 12.0 Å². The van der Waals surface area contributed by atoms with E-state index in [1.165, 1.54) is 12.8 Å². The first kappa shape index (κ1) is 10.9. The summed E-state index contributed by atoms with van der Waals surface area (Å²) in [4.78, 5) is 20.3. The Labute approximate surface area is 109 Å². The summed E-state index contributed by atoms with van der Waals surface area (Å²) in [6.45, 7) is 1.01. The highest BCUT2D eigenvalue weighted by Gasteiger charge is 2.40. The molecule has 0 spiro atoms. The number of rotatable bonds is 2. The van der Waals surface area contributed by atoms with E-state index in [9.17, 15) is 4.79 Å². The smallest absolute Gasteiger partial charge is 0.270 e. The van der Waals surface area contributed by atoms with Gasteiger partial charge in [-0.3, -0.25) is 4.79 Å². The van der Waals surface area contributed by atoms with Crippen LogP contribution in [-0.4, -0.2) is 34.5 Å². The molecular formula is C13H14N4O2. The zero-order valence-electron chi connectivity index (χ0n) is 10.3. The lowest BCUT2D eigenvalue weighted by Crippen LogP contribution is -2.44. The van der Waals surface area contributed by atoms with Gasteiger partial charge in [-0.25, -0.2) is 9.97 Å². The molecule has 1 saturated heterocycles. The number of hydrogen-bond donors (Lipinski definition) is 2. The number of aromatic nitrogens is 2. The van der Waals surface area contributed by atoms with Gasteiger partial charge in [0, 0.05) is 18.6 Å². The van der Waals surface area contributed by atoms with Crippen LogP contribution in [0.4, 0.5) is 0 Å².